The number of unbranched alkanes of at least 4 members (excludes halogenated alkanes) is 1. The summed E-state index contributed by atoms with van der Waals surface area (Å²) in [7, 11) is 1.53. The van der Waals surface area contributed by atoms with Crippen LogP contribution in [0.25, 0.3) is 11.0 Å². The molecule has 3 N–H and O–H groups in total. The minimum Gasteiger partial charge on any atom is -0.444 e. The summed E-state index contributed by atoms with van der Waals surface area (Å²) in [6.07, 6.45) is 3.19. The van der Waals surface area contributed by atoms with E-state index < -0.39 is 11.7 Å². The average molecular weight is 524 g/mol. The summed E-state index contributed by atoms with van der Waals surface area (Å²) in [4.78, 5) is 41.2. The summed E-state index contributed by atoms with van der Waals surface area (Å²) in [5, 5.41) is 13.0. The van der Waals surface area contributed by atoms with Crippen LogP contribution in [-0.4, -0.2) is 69.5 Å². The topological polar surface area (TPSA) is 138 Å². The average Bonchev–Trinajstić information content (AvgIpc) is 3.27. The van der Waals surface area contributed by atoms with E-state index in [1.54, 1.807) is 27.0 Å². The van der Waals surface area contributed by atoms with Gasteiger partial charge in [-0.3, -0.25) is 4.79 Å². The first-order chi connectivity index (χ1) is 18.2. The predicted octanol–water partition coefficient (Wildman–Crippen LogP) is 2.42. The Morgan fingerprint density at radius 1 is 1.21 bits per heavy atom. The van der Waals surface area contributed by atoms with Crippen molar-refractivity contribution in [2.45, 2.75) is 52.6 Å². The Kier molecular flexibility index (Phi) is 9.81. The number of ether oxygens (including phenoxy) is 1. The number of para-hydroxylation sites is 2. The van der Waals surface area contributed by atoms with Crippen molar-refractivity contribution < 1.29 is 24.0 Å². The van der Waals surface area contributed by atoms with E-state index in [-0.39, 0.29) is 18.5 Å². The number of benzene rings is 1. The Labute approximate surface area is 222 Å². The zero-order chi connectivity index (χ0) is 27.5. The third-order valence-electron chi connectivity index (χ3n) is 4.95. The molecule has 2 heterocycles. The Morgan fingerprint density at radius 3 is 2.76 bits per heavy atom. The summed E-state index contributed by atoms with van der Waals surface area (Å²) < 4.78 is 5.24. The SMILES string of the molecule is CCCNc1nc(O[n+]2[nH]nc3ccccc32)ncc1C#CCCCNC(=O)CN(C)C(=O)OC(C)(C)C. The number of hydrogen-bond acceptors (Lipinski definition) is 8. The van der Waals surface area contributed by atoms with Gasteiger partial charge in [-0.1, -0.05) is 30.9 Å². The number of nitrogens with one attached hydrogen (secondary N) is 3. The maximum absolute atomic E-state index is 12.1. The van der Waals surface area contributed by atoms with Gasteiger partial charge in [0.05, 0.1) is 11.8 Å². The largest absolute Gasteiger partial charge is 0.444 e. The highest BCUT2D eigenvalue weighted by molar-refractivity contribution is 5.82. The second kappa shape index (κ2) is 13.2. The molecule has 12 nitrogen and oxygen atoms in total. The molecule has 0 aliphatic carbocycles. The monoisotopic (exact) mass is 523 g/mol. The molecule has 0 fully saturated rings. The highest BCUT2D eigenvalue weighted by Crippen LogP contribution is 2.15. The van der Waals surface area contributed by atoms with Gasteiger partial charge in [0, 0.05) is 36.5 Å². The van der Waals surface area contributed by atoms with Crippen LogP contribution >= 0.6 is 0 Å². The van der Waals surface area contributed by atoms with E-state index in [4.69, 9.17) is 9.57 Å². The summed E-state index contributed by atoms with van der Waals surface area (Å²) in [5.41, 5.74) is 1.55. The quantitative estimate of drug-likeness (QED) is 0.209. The van der Waals surface area contributed by atoms with Crippen molar-refractivity contribution in [2.24, 2.45) is 0 Å². The van der Waals surface area contributed by atoms with Crippen LogP contribution in [0.3, 0.4) is 0 Å². The zero-order valence-electron chi connectivity index (χ0n) is 22.5. The van der Waals surface area contributed by atoms with Crippen molar-refractivity contribution in [1.29, 1.82) is 0 Å². The number of rotatable bonds is 10. The molecular formula is C26H35N8O4+. The van der Waals surface area contributed by atoms with Crippen molar-refractivity contribution >= 4 is 28.9 Å². The minimum absolute atomic E-state index is 0.0779. The van der Waals surface area contributed by atoms with E-state index in [9.17, 15) is 9.59 Å². The van der Waals surface area contributed by atoms with Crippen LogP contribution in [0.15, 0.2) is 30.5 Å². The lowest BCUT2D eigenvalue weighted by atomic mass is 10.2. The standard InChI is InChI=1S/C26H34N8O4/c1-6-15-28-23-19(17-29-24(30-23)38-34-21-14-10-9-13-20(21)31-32-34)12-8-7-11-16-27-22(35)18-33(5)25(36)37-26(2,3)4/h9-10,13-14,17H,6-7,11,15-16,18H2,1-5H3,(H2,27,28,29,30,35)/p+1. The van der Waals surface area contributed by atoms with Gasteiger partial charge in [0.1, 0.15) is 18.0 Å². The number of carbonyl (C=O) groups excluding carboxylic acids is 2. The lowest BCUT2D eigenvalue weighted by Gasteiger charge is -2.24. The van der Waals surface area contributed by atoms with Crippen LogP contribution in [0, 0.1) is 11.8 Å². The van der Waals surface area contributed by atoms with Gasteiger partial charge in [0.15, 0.2) is 0 Å². The van der Waals surface area contributed by atoms with Crippen LogP contribution in [-0.2, 0) is 9.53 Å². The fraction of sp³-hybridized carbons (Fsp3) is 0.462. The summed E-state index contributed by atoms with van der Waals surface area (Å²) >= 11 is 0. The molecule has 2 amide bonds. The van der Waals surface area contributed by atoms with Crippen molar-refractivity contribution in [2.75, 3.05) is 32.0 Å². The van der Waals surface area contributed by atoms with Gasteiger partial charge in [-0.25, -0.2) is 9.63 Å². The summed E-state index contributed by atoms with van der Waals surface area (Å²) in [6.45, 7) is 8.47. The molecule has 202 valence electrons. The number of aromatic nitrogens is 5. The fourth-order valence-corrected chi connectivity index (χ4v) is 3.15. The van der Waals surface area contributed by atoms with E-state index in [1.807, 2.05) is 24.3 Å². The highest BCUT2D eigenvalue weighted by atomic mass is 16.7. The molecule has 0 unspecified atom stereocenters. The number of carbonyl (C=O) groups is 2. The van der Waals surface area contributed by atoms with E-state index in [0.29, 0.717) is 30.8 Å². The first kappa shape index (κ1) is 28.2. The Morgan fingerprint density at radius 2 is 2.00 bits per heavy atom. The van der Waals surface area contributed by atoms with E-state index in [2.05, 4.69) is 49.7 Å². The van der Waals surface area contributed by atoms with Crippen molar-refractivity contribution in [3.8, 4) is 17.9 Å². The minimum atomic E-state index is -0.613. The molecule has 0 saturated carbocycles. The fourth-order valence-electron chi connectivity index (χ4n) is 3.15. The number of anilines is 1. The third kappa shape index (κ3) is 8.62. The number of amides is 2. The molecule has 0 bridgehead atoms. The van der Waals surface area contributed by atoms with Crippen LogP contribution in [0.1, 0.15) is 52.5 Å². The number of hydrogen-bond donors (Lipinski definition) is 3. The van der Waals surface area contributed by atoms with Gasteiger partial charge in [-0.2, -0.15) is 9.97 Å². The van der Waals surface area contributed by atoms with Crippen LogP contribution in [0.4, 0.5) is 10.6 Å². The maximum atomic E-state index is 12.1. The molecule has 3 rings (SSSR count). The smallest absolute Gasteiger partial charge is 0.410 e. The van der Waals surface area contributed by atoms with Gasteiger partial charge in [0.2, 0.25) is 11.4 Å². The van der Waals surface area contributed by atoms with Crippen LogP contribution in [0.5, 0.6) is 6.01 Å². The molecule has 0 atom stereocenters. The number of H-pyrrole nitrogens is 1. The first-order valence-electron chi connectivity index (χ1n) is 12.5. The second-order valence-corrected chi connectivity index (χ2v) is 9.52. The number of aromatic amines is 1. The molecule has 0 aliphatic heterocycles. The first-order valence-corrected chi connectivity index (χ1v) is 12.5. The summed E-state index contributed by atoms with van der Waals surface area (Å²) in [6, 6.07) is 7.67. The number of fused-ring (bicyclic) bond motifs is 1. The van der Waals surface area contributed by atoms with Crippen LogP contribution in [0.2, 0.25) is 0 Å². The zero-order valence-corrected chi connectivity index (χ0v) is 22.5. The third-order valence-corrected chi connectivity index (χ3v) is 4.95. The Bertz CT molecular complexity index is 1310. The van der Waals surface area contributed by atoms with Crippen molar-refractivity contribution in [1.82, 2.24) is 30.5 Å². The molecular weight excluding hydrogens is 488 g/mol. The lowest BCUT2D eigenvalue weighted by molar-refractivity contribution is -0.902. The molecule has 0 saturated heterocycles. The van der Waals surface area contributed by atoms with E-state index >= 15 is 0 Å². The predicted molar refractivity (Wildman–Crippen MR) is 141 cm³/mol. The highest BCUT2D eigenvalue weighted by Gasteiger charge is 2.21. The molecule has 3 aromatic rings. The molecule has 38 heavy (non-hydrogen) atoms. The molecule has 2 aromatic heterocycles. The molecule has 1 aromatic carbocycles. The van der Waals surface area contributed by atoms with Gasteiger partial charge in [-0.05, 0) is 51.0 Å². The number of nitrogens with zero attached hydrogens (tertiary/aromatic N) is 5. The van der Waals surface area contributed by atoms with E-state index in [0.717, 1.165) is 24.0 Å². The van der Waals surface area contributed by atoms with Gasteiger partial charge >= 0.3 is 12.1 Å². The van der Waals surface area contributed by atoms with Crippen molar-refractivity contribution in [3.63, 3.8) is 0 Å². The van der Waals surface area contributed by atoms with Crippen LogP contribution < -0.4 is 20.3 Å². The van der Waals surface area contributed by atoms with E-state index in [1.165, 1.54) is 16.8 Å². The number of likely N-dealkylation sites (N-methyl/N-ethyl adjacent to an activating group) is 1. The normalized spacial score (nSPS) is 10.9. The molecule has 0 aliphatic rings. The maximum Gasteiger partial charge on any atom is 0.410 e. The Balaban J connectivity index is 1.51. The van der Waals surface area contributed by atoms with Gasteiger partial charge in [-0.15, -0.1) is 0 Å². The Hall–Kier alpha value is -4.40. The van der Waals surface area contributed by atoms with Gasteiger partial charge in [0.25, 0.3) is 5.52 Å². The molecule has 12 heteroatoms. The molecule has 0 spiro atoms. The van der Waals surface area contributed by atoms with Crippen molar-refractivity contribution in [3.05, 3.63) is 36.0 Å². The molecule has 0 radical (unpaired) electrons. The summed E-state index contributed by atoms with van der Waals surface area (Å²) in [5.74, 6) is 6.51. The lowest BCUT2D eigenvalue weighted by Crippen LogP contribution is -2.42. The van der Waals surface area contributed by atoms with Gasteiger partial charge < -0.3 is 20.3 Å². The second-order valence-electron chi connectivity index (χ2n) is 9.52.